The number of carbonyl (C=O) groups is 3. The van der Waals surface area contributed by atoms with Gasteiger partial charge in [0.15, 0.2) is 5.82 Å². The fourth-order valence-corrected chi connectivity index (χ4v) is 10.1. The largest absolute Gasteiger partial charge is 0.508 e. The molecule has 18 nitrogen and oxygen atoms in total. The number of amides is 1. The lowest BCUT2D eigenvalue weighted by atomic mass is 9.85. The van der Waals surface area contributed by atoms with Gasteiger partial charge in [-0.05, 0) is 97.3 Å². The maximum absolute atomic E-state index is 14.2. The molecule has 9 rings (SSSR count). The van der Waals surface area contributed by atoms with E-state index >= 15 is 0 Å². The number of benzene rings is 3. The van der Waals surface area contributed by atoms with E-state index in [0.29, 0.717) is 64.4 Å². The molecule has 0 spiro atoms. The van der Waals surface area contributed by atoms with Crippen LogP contribution >= 0.6 is 0 Å². The third-order valence-electron chi connectivity index (χ3n) is 13.9. The van der Waals surface area contributed by atoms with Crippen LogP contribution in [0.15, 0.2) is 70.3 Å². The van der Waals surface area contributed by atoms with E-state index in [4.69, 9.17) is 19.2 Å². The molecule has 70 heavy (non-hydrogen) atoms. The molecule has 1 saturated heterocycles. The molecule has 3 aliphatic rings. The first-order chi connectivity index (χ1) is 33.6. The number of cyclic esters (lactones) is 1. The van der Waals surface area contributed by atoms with Crippen LogP contribution in [0.2, 0.25) is 0 Å². The van der Waals surface area contributed by atoms with E-state index in [0.717, 1.165) is 67.8 Å². The molecule has 3 aliphatic heterocycles. The van der Waals surface area contributed by atoms with Gasteiger partial charge in [-0.1, -0.05) is 39.8 Å². The van der Waals surface area contributed by atoms with Crippen LogP contribution in [-0.4, -0.2) is 114 Å². The topological polar surface area (TPSA) is 215 Å². The van der Waals surface area contributed by atoms with Gasteiger partial charge in [0, 0.05) is 75.8 Å². The third-order valence-corrected chi connectivity index (χ3v) is 13.9. The monoisotopic (exact) mass is 954 g/mol. The number of aromatic nitrogens is 5. The number of phenols is 2. The Labute approximate surface area is 404 Å². The van der Waals surface area contributed by atoms with Gasteiger partial charge in [0.2, 0.25) is 5.60 Å². The zero-order chi connectivity index (χ0) is 49.6. The highest BCUT2D eigenvalue weighted by molar-refractivity contribution is 5.91. The average molecular weight is 955 g/mol. The van der Waals surface area contributed by atoms with E-state index < -0.39 is 29.3 Å². The lowest BCUT2D eigenvalue weighted by Crippen LogP contribution is -2.49. The van der Waals surface area contributed by atoms with Crippen molar-refractivity contribution < 1.29 is 38.8 Å². The standard InChI is InChI=1S/C52H58N8O10/c1-7-35-37-23-34(69-31(5)61)15-16-42(37)53-46-39(35)28-59-43(46)25-41-40(48(59)64)29-68-49(65)52(41,8-2)70-51(67)56(6)17-9-10-18-57-19-21-58(22-20-57)27-32-11-13-33(14-12-32)60-47(54-55-50(60)66)38-24-36(30(3)4)44(62)26-45(38)63/h11-16,23-26,30,62-63H,7-10,17-22,27-29H2,1-6H3,(H,55,66). The molecule has 1 unspecified atom stereocenters. The zero-order valence-electron chi connectivity index (χ0n) is 40.3. The summed E-state index contributed by atoms with van der Waals surface area (Å²) in [6, 6.07) is 17.6. The van der Waals surface area contributed by atoms with Crippen LogP contribution in [0.4, 0.5) is 4.79 Å². The van der Waals surface area contributed by atoms with Crippen LogP contribution in [0.1, 0.15) is 93.2 Å². The minimum Gasteiger partial charge on any atom is -0.508 e. The summed E-state index contributed by atoms with van der Waals surface area (Å²) >= 11 is 0. The maximum atomic E-state index is 14.2. The molecule has 0 aliphatic carbocycles. The van der Waals surface area contributed by atoms with E-state index in [1.165, 1.54) is 22.5 Å². The first kappa shape index (κ1) is 47.7. The number of hydrogen-bond donors (Lipinski definition) is 3. The molecule has 366 valence electrons. The number of phenolic OH excluding ortho intramolecular Hbond substituents is 2. The number of aromatic hydroxyl groups is 2. The zero-order valence-corrected chi connectivity index (χ0v) is 40.3. The smallest absolute Gasteiger partial charge is 0.410 e. The van der Waals surface area contributed by atoms with Crippen molar-refractivity contribution >= 4 is 28.9 Å². The molecule has 1 amide bonds. The van der Waals surface area contributed by atoms with Gasteiger partial charge in [-0.25, -0.2) is 29.0 Å². The van der Waals surface area contributed by atoms with Gasteiger partial charge in [0.1, 0.15) is 23.9 Å². The average Bonchev–Trinajstić information content (AvgIpc) is 3.90. The normalized spacial score (nSPS) is 16.8. The highest BCUT2D eigenvalue weighted by atomic mass is 16.6. The Bertz CT molecular complexity index is 3150. The van der Waals surface area contributed by atoms with Crippen LogP contribution in [0.5, 0.6) is 17.2 Å². The maximum Gasteiger partial charge on any atom is 0.410 e. The van der Waals surface area contributed by atoms with Crippen molar-refractivity contribution in [2.24, 2.45) is 0 Å². The molecule has 3 N–H and O–H groups in total. The van der Waals surface area contributed by atoms with E-state index in [9.17, 15) is 34.2 Å². The molecule has 1 atom stereocenters. The molecule has 1 fully saturated rings. The molecule has 18 heteroatoms. The number of H-pyrrole nitrogens is 1. The summed E-state index contributed by atoms with van der Waals surface area (Å²) in [5.41, 5.74) is 4.26. The molecule has 0 saturated carbocycles. The Balaban J connectivity index is 0.793. The van der Waals surface area contributed by atoms with Crippen molar-refractivity contribution in [3.05, 3.63) is 115 Å². The van der Waals surface area contributed by atoms with Crippen molar-refractivity contribution in [1.82, 2.24) is 39.0 Å². The van der Waals surface area contributed by atoms with Crippen LogP contribution in [0.3, 0.4) is 0 Å². The number of esters is 2. The molecule has 0 bridgehead atoms. The number of ether oxygens (including phenoxy) is 3. The van der Waals surface area contributed by atoms with E-state index in [2.05, 4.69) is 20.0 Å². The number of nitrogens with one attached hydrogen (secondary N) is 1. The molecule has 6 aromatic rings. The van der Waals surface area contributed by atoms with Crippen molar-refractivity contribution in [1.29, 1.82) is 0 Å². The fraction of sp³-hybridized carbons (Fsp3) is 0.404. The third kappa shape index (κ3) is 8.81. The fourth-order valence-electron chi connectivity index (χ4n) is 10.1. The number of fused-ring (bicyclic) bond motifs is 5. The minimum atomic E-state index is -1.83. The van der Waals surface area contributed by atoms with Crippen molar-refractivity contribution in [2.75, 3.05) is 46.3 Å². The minimum absolute atomic E-state index is 0.0128. The quantitative estimate of drug-likeness (QED) is 0.0619. The summed E-state index contributed by atoms with van der Waals surface area (Å²) in [4.78, 5) is 77.6. The van der Waals surface area contributed by atoms with Gasteiger partial charge in [-0.2, -0.15) is 5.10 Å². The van der Waals surface area contributed by atoms with E-state index in [1.54, 1.807) is 48.9 Å². The molecule has 3 aromatic carbocycles. The highest BCUT2D eigenvalue weighted by Gasteiger charge is 2.51. The van der Waals surface area contributed by atoms with Crippen LogP contribution in [0.25, 0.3) is 39.4 Å². The number of piperazine rings is 1. The lowest BCUT2D eigenvalue weighted by Gasteiger charge is -2.36. The summed E-state index contributed by atoms with van der Waals surface area (Å²) in [5, 5.41) is 28.5. The van der Waals surface area contributed by atoms with E-state index in [-0.39, 0.29) is 53.9 Å². The van der Waals surface area contributed by atoms with Crippen molar-refractivity contribution in [3.63, 3.8) is 0 Å². The van der Waals surface area contributed by atoms with Crippen molar-refractivity contribution in [2.45, 2.75) is 91.5 Å². The van der Waals surface area contributed by atoms with Gasteiger partial charge in [-0.15, -0.1) is 0 Å². The summed E-state index contributed by atoms with van der Waals surface area (Å²) < 4.78 is 20.1. The summed E-state index contributed by atoms with van der Waals surface area (Å²) in [6.07, 6.45) is 1.54. The lowest BCUT2D eigenvalue weighted by molar-refractivity contribution is -0.173. The van der Waals surface area contributed by atoms with Crippen LogP contribution in [0, 0.1) is 0 Å². The van der Waals surface area contributed by atoms with E-state index in [1.807, 2.05) is 45.0 Å². The second-order valence-electron chi connectivity index (χ2n) is 18.7. The van der Waals surface area contributed by atoms with Crippen LogP contribution < -0.4 is 16.0 Å². The number of pyridine rings is 2. The highest BCUT2D eigenvalue weighted by Crippen LogP contribution is 2.43. The predicted molar refractivity (Wildman–Crippen MR) is 260 cm³/mol. The molecule has 6 heterocycles. The molecule has 3 aromatic heterocycles. The number of unbranched alkanes of at least 4 members (excludes halogenated alkanes) is 1. The molecule has 0 radical (unpaired) electrons. The Hall–Kier alpha value is -7.31. The SMILES string of the molecule is CCc1c2c(nc3ccc(OC(C)=O)cc13)-c1cc3c(c(=O)n1C2)COC(=O)C3(CC)OC(=O)N(C)CCCCN1CCN(Cc2ccc(-n3c(-c4cc(C(C)C)c(O)cc4O)n[nH]c3=O)cc2)CC1. The van der Waals surface area contributed by atoms with Gasteiger partial charge >= 0.3 is 23.7 Å². The van der Waals surface area contributed by atoms with Crippen LogP contribution in [-0.2, 0) is 50.8 Å². The summed E-state index contributed by atoms with van der Waals surface area (Å²) in [6.45, 7) is 14.5. The Kier molecular flexibility index (Phi) is 13.1. The number of carbonyl (C=O) groups excluding carboxylic acids is 3. The number of hydrogen-bond acceptors (Lipinski definition) is 14. The first-order valence-corrected chi connectivity index (χ1v) is 23.9. The molecular formula is C52H58N8O10. The second kappa shape index (κ2) is 19.2. The van der Waals surface area contributed by atoms with Gasteiger partial charge in [-0.3, -0.25) is 14.5 Å². The number of aryl methyl sites for hydroxylation is 1. The predicted octanol–water partition coefficient (Wildman–Crippen LogP) is 6.32. The summed E-state index contributed by atoms with van der Waals surface area (Å²) in [7, 11) is 1.64. The number of nitrogens with zero attached hydrogens (tertiary/aromatic N) is 7. The molecular weight excluding hydrogens is 897 g/mol. The second-order valence-corrected chi connectivity index (χ2v) is 18.7. The summed E-state index contributed by atoms with van der Waals surface area (Å²) in [5.74, 6) is -0.715. The number of rotatable bonds is 14. The van der Waals surface area contributed by atoms with Gasteiger partial charge < -0.3 is 38.8 Å². The number of aromatic amines is 1. The van der Waals surface area contributed by atoms with Gasteiger partial charge in [0.05, 0.1) is 40.3 Å². The Morgan fingerprint density at radius 2 is 1.67 bits per heavy atom. The Morgan fingerprint density at radius 1 is 0.929 bits per heavy atom. The van der Waals surface area contributed by atoms with Crippen molar-refractivity contribution in [3.8, 4) is 45.7 Å². The first-order valence-electron chi connectivity index (χ1n) is 23.9. The van der Waals surface area contributed by atoms with Gasteiger partial charge in [0.25, 0.3) is 5.56 Å². The Morgan fingerprint density at radius 3 is 2.37 bits per heavy atom.